The average Bonchev–Trinajstić information content (AvgIpc) is 3.65. The first-order chi connectivity index (χ1) is 25.8. The lowest BCUT2D eigenvalue weighted by atomic mass is 9.80. The number of nitrogens with zero attached hydrogens (tertiary/aromatic N) is 2. The third-order valence-corrected chi connectivity index (χ3v) is 11.7. The smallest absolute Gasteiger partial charge is 0.157 e. The number of nitrogens with two attached hydrogens (primary N) is 1. The van der Waals surface area contributed by atoms with Gasteiger partial charge in [-0.3, -0.25) is 4.99 Å². The second kappa shape index (κ2) is 14.1. The summed E-state index contributed by atoms with van der Waals surface area (Å²) >= 11 is 1.79. The van der Waals surface area contributed by atoms with Gasteiger partial charge in [0.25, 0.3) is 0 Å². The number of aryl methyl sites for hydroxylation is 1. The second-order valence-corrected chi connectivity index (χ2v) is 15.1. The fourth-order valence-corrected chi connectivity index (χ4v) is 8.74. The van der Waals surface area contributed by atoms with Crippen LogP contribution in [0, 0.1) is 6.92 Å². The summed E-state index contributed by atoms with van der Waals surface area (Å²) in [5.74, 6) is 1.05. The lowest BCUT2D eigenvalue weighted by Gasteiger charge is -2.23. The molecule has 2 N–H and O–H groups in total. The van der Waals surface area contributed by atoms with Gasteiger partial charge in [0.15, 0.2) is 5.84 Å². The first-order valence-corrected chi connectivity index (χ1v) is 18.8. The molecule has 0 fully saturated rings. The Morgan fingerprint density at radius 1 is 0.736 bits per heavy atom. The maximum absolute atomic E-state index is 6.84. The van der Waals surface area contributed by atoms with E-state index in [9.17, 15) is 0 Å². The van der Waals surface area contributed by atoms with Gasteiger partial charge in [-0.05, 0) is 92.2 Å². The molecule has 53 heavy (non-hydrogen) atoms. The van der Waals surface area contributed by atoms with Gasteiger partial charge in [-0.25, -0.2) is 4.99 Å². The van der Waals surface area contributed by atoms with Gasteiger partial charge >= 0.3 is 0 Å². The van der Waals surface area contributed by atoms with Gasteiger partial charge in [0, 0.05) is 26.1 Å². The van der Waals surface area contributed by atoms with Gasteiger partial charge in [0.2, 0.25) is 0 Å². The van der Waals surface area contributed by atoms with Crippen molar-refractivity contribution in [1.29, 1.82) is 0 Å². The zero-order valence-corrected chi connectivity index (χ0v) is 31.1. The molecule has 0 saturated carbocycles. The van der Waals surface area contributed by atoms with Crippen LogP contribution in [0.25, 0.3) is 49.5 Å². The van der Waals surface area contributed by atoms with E-state index in [2.05, 4.69) is 143 Å². The van der Waals surface area contributed by atoms with Crippen LogP contribution in [0.2, 0.25) is 0 Å². The molecule has 4 heteroatoms. The molecule has 1 aromatic heterocycles. The van der Waals surface area contributed by atoms with Crippen LogP contribution in [0.1, 0.15) is 52.1 Å². The van der Waals surface area contributed by atoms with Crippen molar-refractivity contribution in [3.8, 4) is 33.4 Å². The summed E-state index contributed by atoms with van der Waals surface area (Å²) in [5.41, 5.74) is 20.4. The monoisotopic (exact) mass is 703 g/mol. The van der Waals surface area contributed by atoms with E-state index in [1.165, 1.54) is 48.3 Å². The third kappa shape index (κ3) is 6.36. The Bertz CT molecular complexity index is 2570. The van der Waals surface area contributed by atoms with Crippen molar-refractivity contribution in [1.82, 2.24) is 0 Å². The Morgan fingerprint density at radius 3 is 2.09 bits per heavy atom. The number of allylic oxidation sites excluding steroid dienone is 2. The predicted molar refractivity (Wildman–Crippen MR) is 228 cm³/mol. The topological polar surface area (TPSA) is 50.7 Å². The first kappa shape index (κ1) is 34.0. The van der Waals surface area contributed by atoms with E-state index in [0.29, 0.717) is 18.2 Å². The number of amidine groups is 2. The van der Waals surface area contributed by atoms with Crippen molar-refractivity contribution >= 4 is 39.2 Å². The fraction of sp³-hybridized carbons (Fsp3) is 0.102. The van der Waals surface area contributed by atoms with Crippen LogP contribution in [0.5, 0.6) is 0 Å². The molecular formula is C49H41N3S. The molecule has 8 rings (SSSR count). The van der Waals surface area contributed by atoms with Crippen molar-refractivity contribution in [3.05, 3.63) is 197 Å². The number of hydrogen-bond donors (Lipinski definition) is 1. The summed E-state index contributed by atoms with van der Waals surface area (Å²) in [5, 5.41) is 1.25. The molecule has 0 saturated heterocycles. The van der Waals surface area contributed by atoms with E-state index in [4.69, 9.17) is 15.7 Å². The van der Waals surface area contributed by atoms with Crippen molar-refractivity contribution in [2.24, 2.45) is 15.7 Å². The molecule has 0 amide bonds. The summed E-state index contributed by atoms with van der Waals surface area (Å²) < 4.78 is 1.24. The lowest BCUT2D eigenvalue weighted by molar-refractivity contribution is 0.661. The number of benzene rings is 6. The molecule has 0 radical (unpaired) electrons. The summed E-state index contributed by atoms with van der Waals surface area (Å²) in [6.45, 7) is 11.2. The molecule has 6 aromatic carbocycles. The standard InChI is InChI=1S/C49H41N3S/c1-5-6-25-44-32(2)39-24-16-23-37(46(39)53-44)31-51-48(52-47(50)35-21-14-9-15-22-35)41-28-38(34-19-12-8-13-20-34)30-43-45(41)40-27-26-36(29-42(40)49(43,3)4)33-17-10-7-11-18-33/h5-30H,1,31H2,2-4H3,(H2,50,51,52)/b25-6-. The van der Waals surface area contributed by atoms with E-state index in [1.807, 2.05) is 42.5 Å². The zero-order valence-electron chi connectivity index (χ0n) is 30.3. The van der Waals surface area contributed by atoms with E-state index in [0.717, 1.165) is 33.4 Å². The van der Waals surface area contributed by atoms with Gasteiger partial charge in [-0.2, -0.15) is 0 Å². The molecule has 1 aliphatic rings. The minimum Gasteiger partial charge on any atom is -0.383 e. The summed E-state index contributed by atoms with van der Waals surface area (Å²) in [6.07, 6.45) is 5.95. The SMILES string of the molecule is C=C/C=C\c1sc2c(CN=C(N=C(N)c3ccccc3)c3cc(-c4ccccc4)cc4c3-c3ccc(-c5ccccc5)cc3C4(C)C)cccc2c1C. The second-order valence-electron chi connectivity index (χ2n) is 14.0. The van der Waals surface area contributed by atoms with Crippen LogP contribution in [0.15, 0.2) is 168 Å². The van der Waals surface area contributed by atoms with Gasteiger partial charge in [0.1, 0.15) is 5.84 Å². The Morgan fingerprint density at radius 2 is 1.40 bits per heavy atom. The zero-order chi connectivity index (χ0) is 36.5. The van der Waals surface area contributed by atoms with Gasteiger partial charge < -0.3 is 5.73 Å². The van der Waals surface area contributed by atoms with Crippen LogP contribution in [0.4, 0.5) is 0 Å². The highest BCUT2D eigenvalue weighted by Gasteiger charge is 2.38. The number of fused-ring (bicyclic) bond motifs is 4. The Kier molecular flexibility index (Phi) is 9.07. The molecule has 0 atom stereocenters. The number of hydrogen-bond acceptors (Lipinski definition) is 2. The van der Waals surface area contributed by atoms with Crippen molar-refractivity contribution < 1.29 is 0 Å². The quantitative estimate of drug-likeness (QED) is 0.0956. The van der Waals surface area contributed by atoms with Crippen LogP contribution in [0.3, 0.4) is 0 Å². The third-order valence-electron chi connectivity index (χ3n) is 10.4. The van der Waals surface area contributed by atoms with Crippen LogP contribution < -0.4 is 5.73 Å². The summed E-state index contributed by atoms with van der Waals surface area (Å²) in [4.78, 5) is 11.8. The van der Waals surface area contributed by atoms with Gasteiger partial charge in [0.05, 0.1) is 6.54 Å². The number of rotatable bonds is 8. The molecule has 7 aromatic rings. The minimum absolute atomic E-state index is 0.274. The van der Waals surface area contributed by atoms with Crippen molar-refractivity contribution in [3.63, 3.8) is 0 Å². The summed E-state index contributed by atoms with van der Waals surface area (Å²) in [6, 6.07) is 49.2. The largest absolute Gasteiger partial charge is 0.383 e. The lowest BCUT2D eigenvalue weighted by Crippen LogP contribution is -2.18. The molecule has 1 heterocycles. The highest BCUT2D eigenvalue weighted by Crippen LogP contribution is 2.52. The minimum atomic E-state index is -0.274. The predicted octanol–water partition coefficient (Wildman–Crippen LogP) is 12.4. The number of thiophene rings is 1. The van der Waals surface area contributed by atoms with Gasteiger partial charge in [-0.1, -0.05) is 154 Å². The number of aliphatic imine (C=N–C) groups is 2. The molecule has 0 aliphatic heterocycles. The first-order valence-electron chi connectivity index (χ1n) is 18.0. The van der Waals surface area contributed by atoms with E-state index < -0.39 is 0 Å². The van der Waals surface area contributed by atoms with E-state index in [-0.39, 0.29) is 5.41 Å². The normalized spacial score (nSPS) is 13.7. The fourth-order valence-electron chi connectivity index (χ4n) is 7.52. The van der Waals surface area contributed by atoms with Gasteiger partial charge in [-0.15, -0.1) is 11.3 Å². The summed E-state index contributed by atoms with van der Waals surface area (Å²) in [7, 11) is 0. The Balaban J connectivity index is 1.36. The van der Waals surface area contributed by atoms with Crippen molar-refractivity contribution in [2.45, 2.75) is 32.7 Å². The molecule has 3 nitrogen and oxygen atoms in total. The van der Waals surface area contributed by atoms with Crippen molar-refractivity contribution in [2.75, 3.05) is 0 Å². The highest BCUT2D eigenvalue weighted by molar-refractivity contribution is 7.20. The molecule has 0 bridgehead atoms. The average molecular weight is 704 g/mol. The Hall–Kier alpha value is -6.10. The Labute approximate surface area is 316 Å². The maximum Gasteiger partial charge on any atom is 0.157 e. The molecule has 258 valence electrons. The van der Waals surface area contributed by atoms with Crippen LogP contribution in [-0.2, 0) is 12.0 Å². The van der Waals surface area contributed by atoms with Crippen LogP contribution >= 0.6 is 11.3 Å². The van der Waals surface area contributed by atoms with E-state index >= 15 is 0 Å². The highest BCUT2D eigenvalue weighted by atomic mass is 32.1. The molecule has 0 spiro atoms. The molecule has 1 aliphatic carbocycles. The molecular weight excluding hydrogens is 663 g/mol. The maximum atomic E-state index is 6.84. The van der Waals surface area contributed by atoms with Crippen LogP contribution in [-0.4, -0.2) is 11.7 Å². The molecule has 0 unspecified atom stereocenters. The van der Waals surface area contributed by atoms with E-state index in [1.54, 1.807) is 11.3 Å².